The first kappa shape index (κ1) is 13.5. The summed E-state index contributed by atoms with van der Waals surface area (Å²) in [5.41, 5.74) is 0.0414. The van der Waals surface area contributed by atoms with Crippen LogP contribution in [0.5, 0.6) is 0 Å². The fraction of sp³-hybridized carbons (Fsp3) is 0.500. The van der Waals surface area contributed by atoms with Gasteiger partial charge in [0, 0.05) is 12.1 Å². The molecule has 1 N–H and O–H groups in total. The van der Waals surface area contributed by atoms with Crippen LogP contribution in [0.25, 0.3) is 10.2 Å². The van der Waals surface area contributed by atoms with Crippen molar-refractivity contribution in [3.8, 4) is 0 Å². The maximum Gasteiger partial charge on any atom is 0.225 e. The standard InChI is InChI=1S/C12H17ClN4S/c1-12(2,17(3)4)7-14-9-8-5-6-18-10(8)16-11(13)15-9/h5-6H,7H2,1-4H3,(H,14,15,16). The Balaban J connectivity index is 2.24. The number of likely N-dealkylation sites (N-methyl/N-ethyl adjacent to an activating group) is 1. The fourth-order valence-corrected chi connectivity index (χ4v) is 2.41. The molecule has 0 bridgehead atoms. The van der Waals surface area contributed by atoms with Crippen molar-refractivity contribution < 1.29 is 0 Å². The van der Waals surface area contributed by atoms with Gasteiger partial charge >= 0.3 is 0 Å². The van der Waals surface area contributed by atoms with Crippen LogP contribution in [0.2, 0.25) is 5.28 Å². The largest absolute Gasteiger partial charge is 0.368 e. The minimum absolute atomic E-state index is 0.0414. The monoisotopic (exact) mass is 284 g/mol. The lowest BCUT2D eigenvalue weighted by Crippen LogP contribution is -2.44. The summed E-state index contributed by atoms with van der Waals surface area (Å²) >= 11 is 7.50. The van der Waals surface area contributed by atoms with Crippen LogP contribution in [0.15, 0.2) is 11.4 Å². The van der Waals surface area contributed by atoms with E-state index in [4.69, 9.17) is 11.6 Å². The molecule has 0 aliphatic carbocycles. The van der Waals surface area contributed by atoms with E-state index in [-0.39, 0.29) is 10.8 Å². The molecule has 18 heavy (non-hydrogen) atoms. The number of hydrogen-bond donors (Lipinski definition) is 1. The summed E-state index contributed by atoms with van der Waals surface area (Å²) in [5.74, 6) is 0.807. The third-order valence-electron chi connectivity index (χ3n) is 3.20. The second-order valence-electron chi connectivity index (χ2n) is 5.04. The number of nitrogens with zero attached hydrogens (tertiary/aromatic N) is 3. The maximum atomic E-state index is 5.93. The first-order chi connectivity index (χ1) is 8.40. The van der Waals surface area contributed by atoms with Crippen LogP contribution in [-0.2, 0) is 0 Å². The number of anilines is 1. The van der Waals surface area contributed by atoms with Crippen LogP contribution in [0, 0.1) is 0 Å². The van der Waals surface area contributed by atoms with Crippen LogP contribution in [-0.4, -0.2) is 41.0 Å². The summed E-state index contributed by atoms with van der Waals surface area (Å²) in [6.07, 6.45) is 0. The normalized spacial score (nSPS) is 12.3. The van der Waals surface area contributed by atoms with Gasteiger partial charge in [0.25, 0.3) is 0 Å². The summed E-state index contributed by atoms with van der Waals surface area (Å²) in [6.45, 7) is 5.14. The minimum atomic E-state index is 0.0414. The molecule has 0 unspecified atom stereocenters. The summed E-state index contributed by atoms with van der Waals surface area (Å²) in [6, 6.07) is 2.02. The van der Waals surface area contributed by atoms with Gasteiger partial charge < -0.3 is 10.2 Å². The molecule has 0 amide bonds. The van der Waals surface area contributed by atoms with E-state index in [1.54, 1.807) is 11.3 Å². The summed E-state index contributed by atoms with van der Waals surface area (Å²) < 4.78 is 0. The van der Waals surface area contributed by atoms with Gasteiger partial charge in [0.2, 0.25) is 5.28 Å². The number of thiophene rings is 1. The predicted octanol–water partition coefficient (Wildman–Crippen LogP) is 3.10. The Bertz CT molecular complexity index is 550. The van der Waals surface area contributed by atoms with E-state index in [1.165, 1.54) is 0 Å². The van der Waals surface area contributed by atoms with Crippen molar-refractivity contribution in [2.24, 2.45) is 0 Å². The molecular weight excluding hydrogens is 268 g/mol. The summed E-state index contributed by atoms with van der Waals surface area (Å²) in [4.78, 5) is 11.6. The third kappa shape index (κ3) is 2.74. The van der Waals surface area contributed by atoms with Crippen molar-refractivity contribution in [2.75, 3.05) is 26.0 Å². The molecule has 0 fully saturated rings. The maximum absolute atomic E-state index is 5.93. The zero-order chi connectivity index (χ0) is 13.3. The van der Waals surface area contributed by atoms with Gasteiger partial charge in [-0.05, 0) is 51.0 Å². The van der Waals surface area contributed by atoms with E-state index in [9.17, 15) is 0 Å². The Labute approximate surface area is 116 Å². The molecule has 0 saturated heterocycles. The average molecular weight is 285 g/mol. The molecule has 0 saturated carbocycles. The van der Waals surface area contributed by atoms with E-state index >= 15 is 0 Å². The molecule has 0 aliphatic heterocycles. The number of halogens is 1. The first-order valence-electron chi connectivity index (χ1n) is 5.72. The van der Waals surface area contributed by atoms with E-state index in [2.05, 4.69) is 48.1 Å². The molecule has 0 aliphatic rings. The molecule has 4 nitrogen and oxygen atoms in total. The molecular formula is C12H17ClN4S. The number of nitrogens with one attached hydrogen (secondary N) is 1. The Morgan fingerprint density at radius 3 is 2.78 bits per heavy atom. The van der Waals surface area contributed by atoms with Gasteiger partial charge in [0.05, 0.1) is 5.39 Å². The number of fused-ring (bicyclic) bond motifs is 1. The highest BCUT2D eigenvalue weighted by atomic mass is 35.5. The lowest BCUT2D eigenvalue weighted by Gasteiger charge is -2.32. The van der Waals surface area contributed by atoms with Crippen LogP contribution in [0.1, 0.15) is 13.8 Å². The Kier molecular flexibility index (Phi) is 3.75. The van der Waals surface area contributed by atoms with E-state index in [1.807, 2.05) is 11.4 Å². The molecule has 2 aromatic rings. The van der Waals surface area contributed by atoms with Gasteiger partial charge in [-0.25, -0.2) is 9.97 Å². The molecule has 0 atom stereocenters. The van der Waals surface area contributed by atoms with E-state index in [0.29, 0.717) is 0 Å². The number of rotatable bonds is 4. The van der Waals surface area contributed by atoms with Crippen LogP contribution < -0.4 is 5.32 Å². The second kappa shape index (κ2) is 4.99. The molecule has 2 aromatic heterocycles. The Hall–Kier alpha value is -0.910. The highest BCUT2D eigenvalue weighted by Crippen LogP contribution is 2.26. The first-order valence-corrected chi connectivity index (χ1v) is 6.98. The van der Waals surface area contributed by atoms with Gasteiger partial charge in [-0.2, -0.15) is 0 Å². The molecule has 0 aromatic carbocycles. The topological polar surface area (TPSA) is 41.0 Å². The molecule has 2 heterocycles. The van der Waals surface area contributed by atoms with Gasteiger partial charge in [-0.1, -0.05) is 0 Å². The lowest BCUT2D eigenvalue weighted by atomic mass is 10.0. The average Bonchev–Trinajstić information content (AvgIpc) is 2.73. The SMILES string of the molecule is CN(C)C(C)(C)CNc1nc(Cl)nc2sccc12. The van der Waals surface area contributed by atoms with Crippen molar-refractivity contribution in [2.45, 2.75) is 19.4 Å². The lowest BCUT2D eigenvalue weighted by molar-refractivity contribution is 0.210. The van der Waals surface area contributed by atoms with Crippen molar-refractivity contribution in [3.05, 3.63) is 16.7 Å². The van der Waals surface area contributed by atoms with Crippen molar-refractivity contribution in [1.29, 1.82) is 0 Å². The summed E-state index contributed by atoms with van der Waals surface area (Å²) in [5, 5.41) is 6.68. The van der Waals surface area contributed by atoms with Gasteiger partial charge in [0.1, 0.15) is 10.6 Å². The van der Waals surface area contributed by atoms with Gasteiger partial charge in [-0.3, -0.25) is 0 Å². The van der Waals surface area contributed by atoms with Gasteiger partial charge in [0.15, 0.2) is 0 Å². The van der Waals surface area contributed by atoms with Gasteiger partial charge in [-0.15, -0.1) is 11.3 Å². The molecule has 98 valence electrons. The number of hydrogen-bond acceptors (Lipinski definition) is 5. The van der Waals surface area contributed by atoms with Crippen LogP contribution in [0.4, 0.5) is 5.82 Å². The summed E-state index contributed by atoms with van der Waals surface area (Å²) in [7, 11) is 4.13. The molecule has 0 radical (unpaired) electrons. The van der Waals surface area contributed by atoms with Crippen LogP contribution in [0.3, 0.4) is 0 Å². The Morgan fingerprint density at radius 1 is 1.39 bits per heavy atom. The predicted molar refractivity (Wildman–Crippen MR) is 78.7 cm³/mol. The van der Waals surface area contributed by atoms with Crippen molar-refractivity contribution in [1.82, 2.24) is 14.9 Å². The van der Waals surface area contributed by atoms with Crippen molar-refractivity contribution in [3.63, 3.8) is 0 Å². The quantitative estimate of drug-likeness (QED) is 0.876. The van der Waals surface area contributed by atoms with Crippen LogP contribution >= 0.6 is 22.9 Å². The van der Waals surface area contributed by atoms with E-state index < -0.39 is 0 Å². The molecule has 6 heteroatoms. The number of aromatic nitrogens is 2. The fourth-order valence-electron chi connectivity index (χ4n) is 1.42. The highest BCUT2D eigenvalue weighted by molar-refractivity contribution is 7.16. The zero-order valence-corrected chi connectivity index (χ0v) is 12.6. The molecule has 0 spiro atoms. The second-order valence-corrected chi connectivity index (χ2v) is 6.27. The zero-order valence-electron chi connectivity index (χ0n) is 11.0. The molecule has 2 rings (SSSR count). The Morgan fingerprint density at radius 2 is 2.11 bits per heavy atom. The van der Waals surface area contributed by atoms with Crippen molar-refractivity contribution >= 4 is 39.0 Å². The highest BCUT2D eigenvalue weighted by Gasteiger charge is 2.20. The smallest absolute Gasteiger partial charge is 0.225 e. The third-order valence-corrected chi connectivity index (χ3v) is 4.17. The minimum Gasteiger partial charge on any atom is -0.368 e. The van der Waals surface area contributed by atoms with E-state index in [0.717, 1.165) is 22.6 Å².